The normalized spacial score (nSPS) is 10.4. The molecule has 82 valence electrons. The summed E-state index contributed by atoms with van der Waals surface area (Å²) in [5, 5.41) is 4.26. The number of ketones is 1. The van der Waals surface area contributed by atoms with Gasteiger partial charge in [0.05, 0.1) is 23.3 Å². The summed E-state index contributed by atoms with van der Waals surface area (Å²) in [5.41, 5.74) is 8.77. The lowest BCUT2D eigenvalue weighted by Gasteiger charge is -2.01. The van der Waals surface area contributed by atoms with E-state index < -0.39 is 0 Å². The van der Waals surface area contributed by atoms with Gasteiger partial charge in [-0.2, -0.15) is 5.10 Å². The van der Waals surface area contributed by atoms with Crippen LogP contribution in [-0.2, 0) is 0 Å². The lowest BCUT2D eigenvalue weighted by Crippen LogP contribution is -1.97. The monoisotopic (exact) mass is 215 g/mol. The molecule has 1 aromatic carbocycles. The first-order chi connectivity index (χ1) is 7.58. The lowest BCUT2D eigenvalue weighted by molar-refractivity contribution is 0.101. The predicted octanol–water partition coefficient (Wildman–Crippen LogP) is 1.97. The summed E-state index contributed by atoms with van der Waals surface area (Å²) in [7, 11) is 0. The second kappa shape index (κ2) is 3.81. The predicted molar refractivity (Wildman–Crippen MR) is 62.7 cm³/mol. The third-order valence-electron chi connectivity index (χ3n) is 2.48. The van der Waals surface area contributed by atoms with Crippen LogP contribution in [0.5, 0.6) is 0 Å². The Labute approximate surface area is 93.7 Å². The topological polar surface area (TPSA) is 60.9 Å². The van der Waals surface area contributed by atoms with E-state index in [-0.39, 0.29) is 5.78 Å². The molecule has 0 spiro atoms. The number of nitrogen functional groups attached to an aromatic ring is 1. The second-order valence-corrected chi connectivity index (χ2v) is 3.72. The fraction of sp³-hybridized carbons (Fsp3) is 0.167. The van der Waals surface area contributed by atoms with Gasteiger partial charge in [0.1, 0.15) is 0 Å². The average Bonchev–Trinajstić information content (AvgIpc) is 2.59. The molecule has 0 fully saturated rings. The Balaban J connectivity index is 2.38. The van der Waals surface area contributed by atoms with Gasteiger partial charge in [-0.3, -0.25) is 4.79 Å². The highest BCUT2D eigenvalue weighted by Crippen LogP contribution is 2.14. The van der Waals surface area contributed by atoms with E-state index in [0.717, 1.165) is 11.4 Å². The minimum atomic E-state index is 0.0581. The Bertz CT molecular complexity index is 506. The molecular weight excluding hydrogens is 202 g/mol. The lowest BCUT2D eigenvalue weighted by atomic mass is 10.1. The summed E-state index contributed by atoms with van der Waals surface area (Å²) in [6.45, 7) is 3.40. The maximum atomic E-state index is 11.1. The quantitative estimate of drug-likeness (QED) is 0.779. The van der Waals surface area contributed by atoms with Crippen molar-refractivity contribution in [3.63, 3.8) is 0 Å². The Morgan fingerprint density at radius 1 is 1.31 bits per heavy atom. The SMILES string of the molecule is CC(=O)c1ccc(-n2cc(N)c(C)n2)cc1. The van der Waals surface area contributed by atoms with E-state index in [1.807, 2.05) is 19.1 Å². The third-order valence-corrected chi connectivity index (χ3v) is 2.48. The van der Waals surface area contributed by atoms with Gasteiger partial charge in [0.15, 0.2) is 5.78 Å². The van der Waals surface area contributed by atoms with Crippen LogP contribution in [0.1, 0.15) is 23.0 Å². The largest absolute Gasteiger partial charge is 0.396 e. The highest BCUT2D eigenvalue weighted by atomic mass is 16.1. The first-order valence-corrected chi connectivity index (χ1v) is 5.01. The van der Waals surface area contributed by atoms with Crippen molar-refractivity contribution in [3.05, 3.63) is 41.7 Å². The molecule has 2 rings (SSSR count). The highest BCUT2D eigenvalue weighted by molar-refractivity contribution is 5.94. The minimum absolute atomic E-state index is 0.0581. The molecular formula is C12H13N3O. The second-order valence-electron chi connectivity index (χ2n) is 3.72. The van der Waals surface area contributed by atoms with E-state index >= 15 is 0 Å². The van der Waals surface area contributed by atoms with Crippen LogP contribution in [0.3, 0.4) is 0 Å². The van der Waals surface area contributed by atoms with E-state index in [4.69, 9.17) is 5.73 Å². The average molecular weight is 215 g/mol. The Morgan fingerprint density at radius 3 is 2.38 bits per heavy atom. The maximum Gasteiger partial charge on any atom is 0.159 e. The third kappa shape index (κ3) is 1.82. The molecule has 0 saturated carbocycles. The molecule has 0 aliphatic carbocycles. The van der Waals surface area contributed by atoms with E-state index in [0.29, 0.717) is 11.3 Å². The number of carbonyl (C=O) groups excluding carboxylic acids is 1. The van der Waals surface area contributed by atoms with E-state index in [9.17, 15) is 4.79 Å². The minimum Gasteiger partial charge on any atom is -0.396 e. The Morgan fingerprint density at radius 2 is 1.94 bits per heavy atom. The van der Waals surface area contributed by atoms with Crippen LogP contribution in [0.15, 0.2) is 30.5 Å². The maximum absolute atomic E-state index is 11.1. The number of anilines is 1. The van der Waals surface area contributed by atoms with Crippen LogP contribution < -0.4 is 5.73 Å². The van der Waals surface area contributed by atoms with Gasteiger partial charge in [0.25, 0.3) is 0 Å². The highest BCUT2D eigenvalue weighted by Gasteiger charge is 2.04. The number of hydrogen-bond acceptors (Lipinski definition) is 3. The number of aromatic nitrogens is 2. The molecule has 2 N–H and O–H groups in total. The van der Waals surface area contributed by atoms with Gasteiger partial charge in [-0.1, -0.05) is 0 Å². The number of nitrogens with zero attached hydrogens (tertiary/aromatic N) is 2. The van der Waals surface area contributed by atoms with Gasteiger partial charge in [-0.15, -0.1) is 0 Å². The summed E-state index contributed by atoms with van der Waals surface area (Å²) >= 11 is 0. The van der Waals surface area contributed by atoms with Gasteiger partial charge in [0.2, 0.25) is 0 Å². The van der Waals surface area contributed by atoms with Crippen molar-refractivity contribution in [2.75, 3.05) is 5.73 Å². The number of hydrogen-bond donors (Lipinski definition) is 1. The molecule has 0 atom stereocenters. The summed E-state index contributed by atoms with van der Waals surface area (Å²) in [6.07, 6.45) is 1.76. The van der Waals surface area contributed by atoms with Gasteiger partial charge >= 0.3 is 0 Å². The summed E-state index contributed by atoms with van der Waals surface area (Å²) in [6, 6.07) is 7.26. The van der Waals surface area contributed by atoms with Crippen LogP contribution in [-0.4, -0.2) is 15.6 Å². The first kappa shape index (κ1) is 10.4. The number of rotatable bonds is 2. The van der Waals surface area contributed by atoms with Crippen molar-refractivity contribution >= 4 is 11.5 Å². The standard InChI is InChI=1S/C12H13N3O/c1-8-12(13)7-15(14-8)11-5-3-10(4-6-11)9(2)16/h3-7H,13H2,1-2H3. The zero-order valence-electron chi connectivity index (χ0n) is 9.27. The number of benzene rings is 1. The summed E-state index contributed by atoms with van der Waals surface area (Å²) in [4.78, 5) is 11.1. The first-order valence-electron chi connectivity index (χ1n) is 5.01. The molecule has 0 aliphatic heterocycles. The molecule has 4 nitrogen and oxygen atoms in total. The van der Waals surface area contributed by atoms with Crippen molar-refractivity contribution in [2.24, 2.45) is 0 Å². The summed E-state index contributed by atoms with van der Waals surface area (Å²) < 4.78 is 1.70. The number of carbonyl (C=O) groups is 1. The van der Waals surface area contributed by atoms with Crippen LogP contribution in [0.4, 0.5) is 5.69 Å². The molecule has 0 saturated heterocycles. The number of Topliss-reactive ketones (excluding diaryl/α,β-unsaturated/α-hetero) is 1. The van der Waals surface area contributed by atoms with E-state index in [1.165, 1.54) is 0 Å². The van der Waals surface area contributed by atoms with Gasteiger partial charge in [-0.05, 0) is 38.1 Å². The van der Waals surface area contributed by atoms with Crippen LogP contribution in [0.2, 0.25) is 0 Å². The molecule has 0 bridgehead atoms. The molecule has 4 heteroatoms. The molecule has 0 aliphatic rings. The van der Waals surface area contributed by atoms with Gasteiger partial charge in [0, 0.05) is 5.56 Å². The fourth-order valence-electron chi connectivity index (χ4n) is 1.45. The zero-order chi connectivity index (χ0) is 11.7. The van der Waals surface area contributed by atoms with E-state index in [1.54, 1.807) is 29.9 Å². The van der Waals surface area contributed by atoms with Crippen LogP contribution >= 0.6 is 0 Å². The van der Waals surface area contributed by atoms with Crippen molar-refractivity contribution in [3.8, 4) is 5.69 Å². The molecule has 1 aromatic heterocycles. The van der Waals surface area contributed by atoms with E-state index in [2.05, 4.69) is 5.10 Å². The Hall–Kier alpha value is -2.10. The van der Waals surface area contributed by atoms with Crippen molar-refractivity contribution < 1.29 is 4.79 Å². The smallest absolute Gasteiger partial charge is 0.159 e. The zero-order valence-corrected chi connectivity index (χ0v) is 9.27. The number of nitrogens with two attached hydrogens (primary N) is 1. The molecule has 0 amide bonds. The molecule has 16 heavy (non-hydrogen) atoms. The van der Waals surface area contributed by atoms with Crippen LogP contribution in [0, 0.1) is 6.92 Å². The van der Waals surface area contributed by atoms with Crippen molar-refractivity contribution in [1.82, 2.24) is 9.78 Å². The molecule has 2 aromatic rings. The van der Waals surface area contributed by atoms with Crippen molar-refractivity contribution in [1.29, 1.82) is 0 Å². The van der Waals surface area contributed by atoms with Gasteiger partial charge in [-0.25, -0.2) is 4.68 Å². The number of aryl methyl sites for hydroxylation is 1. The molecule has 0 radical (unpaired) electrons. The molecule has 0 unspecified atom stereocenters. The summed E-state index contributed by atoms with van der Waals surface area (Å²) in [5.74, 6) is 0.0581. The van der Waals surface area contributed by atoms with Gasteiger partial charge < -0.3 is 5.73 Å². The molecule has 1 heterocycles. The fourth-order valence-corrected chi connectivity index (χ4v) is 1.45. The van der Waals surface area contributed by atoms with Crippen LogP contribution in [0.25, 0.3) is 5.69 Å². The van der Waals surface area contributed by atoms with Crippen molar-refractivity contribution in [2.45, 2.75) is 13.8 Å². The Kier molecular flexibility index (Phi) is 2.48.